The Kier molecular flexibility index (Phi) is 4.75. The normalized spacial score (nSPS) is 12.1. The lowest BCUT2D eigenvalue weighted by Gasteiger charge is -2.09. The highest BCUT2D eigenvalue weighted by atomic mass is 19.4. The molecule has 0 atom stereocenters. The Morgan fingerprint density at radius 1 is 1.42 bits per heavy atom. The van der Waals surface area contributed by atoms with Crippen molar-refractivity contribution in [2.75, 3.05) is 13.2 Å². The van der Waals surface area contributed by atoms with E-state index in [1.165, 1.54) is 0 Å². The molecule has 6 nitrogen and oxygen atoms in total. The number of alkyl halides is 5. The second-order valence-electron chi connectivity index (χ2n) is 3.32. The molecule has 0 bridgehead atoms. The summed E-state index contributed by atoms with van der Waals surface area (Å²) in [7, 11) is 0. The third-order valence-corrected chi connectivity index (χ3v) is 1.90. The second-order valence-corrected chi connectivity index (χ2v) is 3.32. The van der Waals surface area contributed by atoms with Crippen LogP contribution >= 0.6 is 0 Å². The van der Waals surface area contributed by atoms with E-state index in [2.05, 4.69) is 15.0 Å². The van der Waals surface area contributed by atoms with E-state index in [9.17, 15) is 26.7 Å². The average Bonchev–Trinajstić information content (AvgIpc) is 2.66. The van der Waals surface area contributed by atoms with Gasteiger partial charge in [0.1, 0.15) is 12.3 Å². The van der Waals surface area contributed by atoms with E-state index in [0.717, 1.165) is 0 Å². The minimum atomic E-state index is -4.53. The summed E-state index contributed by atoms with van der Waals surface area (Å²) in [5.74, 6) is -1.70. The van der Waals surface area contributed by atoms with Gasteiger partial charge in [0, 0.05) is 0 Å². The number of halogens is 5. The van der Waals surface area contributed by atoms with Crippen molar-refractivity contribution in [3.8, 4) is 0 Å². The van der Waals surface area contributed by atoms with E-state index in [4.69, 9.17) is 5.11 Å². The molecule has 1 aromatic rings. The van der Waals surface area contributed by atoms with Gasteiger partial charge in [0.05, 0.1) is 13.2 Å². The fraction of sp³-hybridized carbons (Fsp3) is 0.625. The predicted octanol–water partition coefficient (Wildman–Crippen LogP) is 1.49. The summed E-state index contributed by atoms with van der Waals surface area (Å²) in [6, 6.07) is 0. The van der Waals surface area contributed by atoms with Gasteiger partial charge in [-0.05, 0) is 0 Å². The molecule has 1 N–H and O–H groups in total. The molecule has 11 heteroatoms. The van der Waals surface area contributed by atoms with Crippen molar-refractivity contribution < 1.29 is 36.6 Å². The third-order valence-electron chi connectivity index (χ3n) is 1.90. The molecule has 0 radical (unpaired) electrons. The fourth-order valence-corrected chi connectivity index (χ4v) is 1.19. The zero-order valence-corrected chi connectivity index (χ0v) is 9.19. The van der Waals surface area contributed by atoms with E-state index in [-0.39, 0.29) is 0 Å². The molecule has 108 valence electrons. The first kappa shape index (κ1) is 15.3. The minimum absolute atomic E-state index is 0.462. The van der Waals surface area contributed by atoms with Gasteiger partial charge in [-0.25, -0.2) is 18.3 Å². The van der Waals surface area contributed by atoms with Crippen molar-refractivity contribution in [1.82, 2.24) is 15.0 Å². The summed E-state index contributed by atoms with van der Waals surface area (Å²) in [6.45, 7) is -2.55. The molecule has 0 aliphatic carbocycles. The number of aromatic nitrogens is 3. The van der Waals surface area contributed by atoms with Crippen molar-refractivity contribution in [3.05, 3.63) is 11.4 Å². The van der Waals surface area contributed by atoms with Crippen LogP contribution in [0.5, 0.6) is 0 Å². The highest BCUT2D eigenvalue weighted by Gasteiger charge is 2.28. The number of nitrogens with zero attached hydrogens (tertiary/aromatic N) is 3. The van der Waals surface area contributed by atoms with Gasteiger partial charge < -0.3 is 9.84 Å². The van der Waals surface area contributed by atoms with Gasteiger partial charge in [0.25, 0.3) is 6.43 Å². The van der Waals surface area contributed by atoms with E-state index >= 15 is 0 Å². The van der Waals surface area contributed by atoms with Crippen molar-refractivity contribution in [2.45, 2.75) is 19.1 Å². The minimum Gasteiger partial charge on any atom is -0.476 e. The summed E-state index contributed by atoms with van der Waals surface area (Å²) in [6.07, 6.45) is -7.69. The van der Waals surface area contributed by atoms with E-state index in [1.54, 1.807) is 0 Å². The number of rotatable bonds is 6. The van der Waals surface area contributed by atoms with E-state index < -0.39 is 49.7 Å². The summed E-state index contributed by atoms with van der Waals surface area (Å²) < 4.78 is 65.1. The standard InChI is InChI=1S/C8H8F5N3O3/c9-6(10)5-4(7(17)18)14-15-16(5)1-2-19-3-8(11,12)13/h6H,1-3H2,(H,17,18). The van der Waals surface area contributed by atoms with Crippen LogP contribution in [-0.4, -0.2) is 45.5 Å². The van der Waals surface area contributed by atoms with Crippen molar-refractivity contribution in [1.29, 1.82) is 0 Å². The molecule has 0 saturated carbocycles. The Morgan fingerprint density at radius 2 is 2.05 bits per heavy atom. The molecule has 1 rings (SSSR count). The first-order valence-corrected chi connectivity index (χ1v) is 4.81. The van der Waals surface area contributed by atoms with Crippen molar-refractivity contribution in [3.63, 3.8) is 0 Å². The smallest absolute Gasteiger partial charge is 0.411 e. The van der Waals surface area contributed by atoms with Crippen molar-refractivity contribution in [2.24, 2.45) is 0 Å². The van der Waals surface area contributed by atoms with Gasteiger partial charge in [-0.2, -0.15) is 13.2 Å². The number of hydrogen-bond donors (Lipinski definition) is 1. The molecule has 0 amide bonds. The monoisotopic (exact) mass is 289 g/mol. The number of ether oxygens (including phenoxy) is 1. The molecule has 0 unspecified atom stereocenters. The zero-order chi connectivity index (χ0) is 14.6. The van der Waals surface area contributed by atoms with Crippen LogP contribution in [0.25, 0.3) is 0 Å². The molecule has 1 heterocycles. The van der Waals surface area contributed by atoms with Crippen LogP contribution in [0.2, 0.25) is 0 Å². The number of carboxylic acid groups (broad SMARTS) is 1. The lowest BCUT2D eigenvalue weighted by Crippen LogP contribution is -2.20. The molecule has 0 saturated heterocycles. The molecule has 0 aliphatic rings. The largest absolute Gasteiger partial charge is 0.476 e. The highest BCUT2D eigenvalue weighted by molar-refractivity contribution is 5.86. The molecule has 0 aliphatic heterocycles. The van der Waals surface area contributed by atoms with Crippen LogP contribution in [0.15, 0.2) is 0 Å². The van der Waals surface area contributed by atoms with Crippen LogP contribution < -0.4 is 0 Å². The molecule has 19 heavy (non-hydrogen) atoms. The second kappa shape index (κ2) is 5.91. The van der Waals surface area contributed by atoms with Crippen molar-refractivity contribution >= 4 is 5.97 Å². The van der Waals surface area contributed by atoms with Gasteiger partial charge in [-0.1, -0.05) is 5.21 Å². The van der Waals surface area contributed by atoms with Gasteiger partial charge in [0.15, 0.2) is 5.69 Å². The molecular formula is C8H8F5N3O3. The van der Waals surface area contributed by atoms with E-state index in [1.807, 2.05) is 0 Å². The SMILES string of the molecule is O=C(O)c1nnn(CCOCC(F)(F)F)c1C(F)F. The van der Waals surface area contributed by atoms with Crippen LogP contribution in [0.3, 0.4) is 0 Å². The first-order chi connectivity index (χ1) is 8.72. The summed E-state index contributed by atoms with van der Waals surface area (Å²) in [4.78, 5) is 10.6. The molecular weight excluding hydrogens is 281 g/mol. The molecule has 0 aromatic carbocycles. The maximum absolute atomic E-state index is 12.6. The molecule has 0 fully saturated rings. The lowest BCUT2D eigenvalue weighted by molar-refractivity contribution is -0.174. The van der Waals surface area contributed by atoms with Gasteiger partial charge >= 0.3 is 12.1 Å². The van der Waals surface area contributed by atoms with Crippen LogP contribution in [0, 0.1) is 0 Å². The highest BCUT2D eigenvalue weighted by Crippen LogP contribution is 2.21. The van der Waals surface area contributed by atoms with Gasteiger partial charge in [-0.15, -0.1) is 5.10 Å². The summed E-state index contributed by atoms with van der Waals surface area (Å²) in [5, 5.41) is 14.7. The maximum Gasteiger partial charge on any atom is 0.411 e. The topological polar surface area (TPSA) is 77.2 Å². The number of hydrogen-bond acceptors (Lipinski definition) is 4. The number of carboxylic acids is 1. The van der Waals surface area contributed by atoms with Gasteiger partial charge in [-0.3, -0.25) is 0 Å². The molecule has 1 aromatic heterocycles. The number of carbonyl (C=O) groups is 1. The Hall–Kier alpha value is -1.78. The Bertz CT molecular complexity index is 445. The summed E-state index contributed by atoms with van der Waals surface area (Å²) in [5.41, 5.74) is -1.91. The summed E-state index contributed by atoms with van der Waals surface area (Å²) >= 11 is 0. The average molecular weight is 289 g/mol. The van der Waals surface area contributed by atoms with E-state index in [0.29, 0.717) is 4.68 Å². The quantitative estimate of drug-likeness (QED) is 0.634. The van der Waals surface area contributed by atoms with Crippen LogP contribution in [0.4, 0.5) is 22.0 Å². The molecule has 0 spiro atoms. The predicted molar refractivity (Wildman–Crippen MR) is 48.8 cm³/mol. The Labute approximate surface area is 102 Å². The Balaban J connectivity index is 2.66. The van der Waals surface area contributed by atoms with Crippen LogP contribution in [-0.2, 0) is 11.3 Å². The van der Waals surface area contributed by atoms with Gasteiger partial charge in [0.2, 0.25) is 0 Å². The lowest BCUT2D eigenvalue weighted by atomic mass is 10.3. The number of aromatic carboxylic acids is 1. The fourth-order valence-electron chi connectivity index (χ4n) is 1.19. The third kappa shape index (κ3) is 4.43. The first-order valence-electron chi connectivity index (χ1n) is 4.81. The maximum atomic E-state index is 12.6. The Morgan fingerprint density at radius 3 is 2.53 bits per heavy atom. The van der Waals surface area contributed by atoms with Crippen LogP contribution in [0.1, 0.15) is 22.6 Å². The zero-order valence-electron chi connectivity index (χ0n) is 9.19.